The smallest absolute Gasteiger partial charge is 0.220 e. The zero-order valence-electron chi connectivity index (χ0n) is 12.4. The van der Waals surface area contributed by atoms with Crippen LogP contribution in [0.25, 0.3) is 0 Å². The van der Waals surface area contributed by atoms with Crippen LogP contribution in [0.1, 0.15) is 57.8 Å². The third-order valence-corrected chi connectivity index (χ3v) is 6.94. The van der Waals surface area contributed by atoms with Gasteiger partial charge < -0.3 is 11.1 Å². The highest BCUT2D eigenvalue weighted by Gasteiger charge is 2.54. The first kappa shape index (κ1) is 13.1. The maximum Gasteiger partial charge on any atom is 0.220 e. The average Bonchev–Trinajstić information content (AvgIpc) is 3.12. The number of amides is 1. The summed E-state index contributed by atoms with van der Waals surface area (Å²) in [6, 6.07) is 0.754. The molecule has 4 saturated carbocycles. The molecule has 1 amide bonds. The summed E-state index contributed by atoms with van der Waals surface area (Å²) in [5.74, 6) is 4.39. The molecule has 4 aliphatic rings. The van der Waals surface area contributed by atoms with Crippen molar-refractivity contribution in [1.82, 2.24) is 5.32 Å². The van der Waals surface area contributed by atoms with Gasteiger partial charge in [0.2, 0.25) is 5.91 Å². The number of nitrogens with one attached hydrogen (secondary N) is 1. The first-order valence-electron chi connectivity index (χ1n) is 8.77. The molecule has 0 aliphatic heterocycles. The molecule has 7 atom stereocenters. The Kier molecular flexibility index (Phi) is 3.29. The second-order valence-corrected chi connectivity index (χ2v) is 7.89. The summed E-state index contributed by atoms with van der Waals surface area (Å²) >= 11 is 0. The van der Waals surface area contributed by atoms with Gasteiger partial charge >= 0.3 is 0 Å². The molecular formula is C17H28N2O. The molecule has 4 fully saturated rings. The second kappa shape index (κ2) is 5.01. The fourth-order valence-electron chi connectivity index (χ4n) is 6.06. The molecule has 0 aromatic heterocycles. The highest BCUT2D eigenvalue weighted by atomic mass is 16.1. The van der Waals surface area contributed by atoms with Gasteiger partial charge in [-0.15, -0.1) is 0 Å². The normalized spacial score (nSPS) is 49.5. The average molecular weight is 276 g/mol. The van der Waals surface area contributed by atoms with Gasteiger partial charge in [0.1, 0.15) is 0 Å². The van der Waals surface area contributed by atoms with Crippen molar-refractivity contribution in [2.45, 2.75) is 69.9 Å². The summed E-state index contributed by atoms with van der Waals surface area (Å²) in [5, 5.41) is 3.38. The Morgan fingerprint density at radius 2 is 1.80 bits per heavy atom. The van der Waals surface area contributed by atoms with Crippen LogP contribution < -0.4 is 11.1 Å². The van der Waals surface area contributed by atoms with E-state index in [0.717, 1.165) is 36.5 Å². The maximum atomic E-state index is 12.3. The minimum absolute atomic E-state index is 0.264. The summed E-state index contributed by atoms with van der Waals surface area (Å²) in [6.07, 6.45) is 11.1. The minimum Gasteiger partial charge on any atom is -0.353 e. The van der Waals surface area contributed by atoms with E-state index >= 15 is 0 Å². The van der Waals surface area contributed by atoms with Gasteiger partial charge in [0.05, 0.1) is 0 Å². The molecule has 0 radical (unpaired) electrons. The first-order valence-corrected chi connectivity index (χ1v) is 8.77. The molecular weight excluding hydrogens is 248 g/mol. The number of fused-ring (bicyclic) bond motifs is 5. The van der Waals surface area contributed by atoms with E-state index in [1.54, 1.807) is 0 Å². The second-order valence-electron chi connectivity index (χ2n) is 7.89. The van der Waals surface area contributed by atoms with Gasteiger partial charge in [0.25, 0.3) is 0 Å². The molecule has 3 N–H and O–H groups in total. The van der Waals surface area contributed by atoms with Crippen LogP contribution in [0.5, 0.6) is 0 Å². The molecule has 0 aromatic rings. The van der Waals surface area contributed by atoms with Crippen molar-refractivity contribution >= 4 is 5.91 Å². The third-order valence-electron chi connectivity index (χ3n) is 6.94. The van der Waals surface area contributed by atoms with E-state index in [9.17, 15) is 4.79 Å². The van der Waals surface area contributed by atoms with Crippen molar-refractivity contribution in [2.75, 3.05) is 0 Å². The zero-order valence-corrected chi connectivity index (χ0v) is 12.4. The number of hydrogen-bond acceptors (Lipinski definition) is 2. The molecule has 5 unspecified atom stereocenters. The van der Waals surface area contributed by atoms with Crippen LogP contribution in [0.2, 0.25) is 0 Å². The van der Waals surface area contributed by atoms with E-state index in [1.165, 1.54) is 38.5 Å². The van der Waals surface area contributed by atoms with Crippen LogP contribution in [-0.4, -0.2) is 18.0 Å². The van der Waals surface area contributed by atoms with Gasteiger partial charge in [0, 0.05) is 18.5 Å². The maximum absolute atomic E-state index is 12.3. The molecule has 4 rings (SSSR count). The molecule has 112 valence electrons. The summed E-state index contributed by atoms with van der Waals surface area (Å²) in [7, 11) is 0. The standard InChI is InChI=1S/C17H28N2O/c18-15-6-1-3-10(15)9-17(20)19-16-8-11-7-14(16)13-5-2-4-12(11)13/h10-16H,1-9,18H2,(H,19,20)/t10-,11?,12?,13?,14?,15+,16?/m0/s1. The predicted octanol–water partition coefficient (Wildman–Crippen LogP) is 2.44. The molecule has 3 heteroatoms. The Bertz CT molecular complexity index is 396. The van der Waals surface area contributed by atoms with E-state index in [2.05, 4.69) is 5.32 Å². The quantitative estimate of drug-likeness (QED) is 0.832. The number of carbonyl (C=O) groups is 1. The lowest BCUT2D eigenvalue weighted by molar-refractivity contribution is -0.123. The fraction of sp³-hybridized carbons (Fsp3) is 0.941. The van der Waals surface area contributed by atoms with E-state index < -0.39 is 0 Å². The molecule has 0 spiro atoms. The lowest BCUT2D eigenvalue weighted by Gasteiger charge is -2.32. The van der Waals surface area contributed by atoms with Crippen LogP contribution in [0.15, 0.2) is 0 Å². The number of hydrogen-bond donors (Lipinski definition) is 2. The topological polar surface area (TPSA) is 55.1 Å². The summed E-state index contributed by atoms with van der Waals surface area (Å²) in [5.41, 5.74) is 6.09. The number of nitrogens with two attached hydrogens (primary N) is 1. The summed E-state index contributed by atoms with van der Waals surface area (Å²) < 4.78 is 0. The Morgan fingerprint density at radius 3 is 2.60 bits per heavy atom. The van der Waals surface area contributed by atoms with E-state index in [0.29, 0.717) is 18.4 Å². The molecule has 0 aromatic carbocycles. The Hall–Kier alpha value is -0.570. The Morgan fingerprint density at radius 1 is 1.00 bits per heavy atom. The van der Waals surface area contributed by atoms with Crippen molar-refractivity contribution in [3.63, 3.8) is 0 Å². The van der Waals surface area contributed by atoms with Gasteiger partial charge in [-0.05, 0) is 68.1 Å². The van der Waals surface area contributed by atoms with Crippen LogP contribution in [0.3, 0.4) is 0 Å². The molecule has 4 aliphatic carbocycles. The zero-order chi connectivity index (χ0) is 13.7. The van der Waals surface area contributed by atoms with Crippen molar-refractivity contribution in [3.8, 4) is 0 Å². The monoisotopic (exact) mass is 276 g/mol. The van der Waals surface area contributed by atoms with Gasteiger partial charge in [0.15, 0.2) is 0 Å². The van der Waals surface area contributed by atoms with Crippen molar-refractivity contribution in [1.29, 1.82) is 0 Å². The number of rotatable bonds is 3. The summed E-state index contributed by atoms with van der Waals surface area (Å²) in [4.78, 5) is 12.3. The van der Waals surface area contributed by atoms with Gasteiger partial charge in [-0.3, -0.25) is 4.79 Å². The number of carbonyl (C=O) groups excluding carboxylic acids is 1. The van der Waals surface area contributed by atoms with Crippen molar-refractivity contribution in [3.05, 3.63) is 0 Å². The van der Waals surface area contributed by atoms with E-state index in [1.807, 2.05) is 0 Å². The van der Waals surface area contributed by atoms with Crippen LogP contribution in [0, 0.1) is 29.6 Å². The van der Waals surface area contributed by atoms with Gasteiger partial charge in [-0.25, -0.2) is 0 Å². The summed E-state index contributed by atoms with van der Waals surface area (Å²) in [6.45, 7) is 0. The minimum atomic E-state index is 0.264. The third kappa shape index (κ3) is 2.09. The van der Waals surface area contributed by atoms with Crippen LogP contribution in [-0.2, 0) is 4.79 Å². The molecule has 0 heterocycles. The highest BCUT2D eigenvalue weighted by Crippen LogP contribution is 2.58. The fourth-order valence-corrected chi connectivity index (χ4v) is 6.06. The van der Waals surface area contributed by atoms with E-state index in [-0.39, 0.29) is 11.9 Å². The van der Waals surface area contributed by atoms with Gasteiger partial charge in [-0.2, -0.15) is 0 Å². The van der Waals surface area contributed by atoms with Crippen LogP contribution in [0.4, 0.5) is 0 Å². The largest absolute Gasteiger partial charge is 0.353 e. The van der Waals surface area contributed by atoms with Crippen molar-refractivity contribution < 1.29 is 4.79 Å². The predicted molar refractivity (Wildman–Crippen MR) is 78.9 cm³/mol. The Balaban J connectivity index is 1.33. The Labute approximate surface area is 122 Å². The lowest BCUT2D eigenvalue weighted by Crippen LogP contribution is -2.43. The van der Waals surface area contributed by atoms with Crippen molar-refractivity contribution in [2.24, 2.45) is 35.3 Å². The first-order chi connectivity index (χ1) is 9.72. The SMILES string of the molecule is N[C@@H]1CCC[C@H]1CC(=O)NC1CC2CC1C1CCCC21. The molecule has 3 nitrogen and oxygen atoms in total. The van der Waals surface area contributed by atoms with Gasteiger partial charge in [-0.1, -0.05) is 12.8 Å². The van der Waals surface area contributed by atoms with E-state index in [4.69, 9.17) is 5.73 Å². The highest BCUT2D eigenvalue weighted by molar-refractivity contribution is 5.76. The molecule has 20 heavy (non-hydrogen) atoms. The van der Waals surface area contributed by atoms with Crippen LogP contribution >= 0.6 is 0 Å². The molecule has 0 saturated heterocycles. The lowest BCUT2D eigenvalue weighted by atomic mass is 9.79. The molecule has 2 bridgehead atoms.